The van der Waals surface area contributed by atoms with E-state index < -0.39 is 10.2 Å². The van der Waals surface area contributed by atoms with Crippen molar-refractivity contribution >= 4 is 16.1 Å². The molecule has 1 aromatic carbocycles. The van der Waals surface area contributed by atoms with Crippen molar-refractivity contribution in [3.63, 3.8) is 0 Å². The molecule has 1 aromatic heterocycles. The summed E-state index contributed by atoms with van der Waals surface area (Å²) in [6, 6.07) is 12.1. The van der Waals surface area contributed by atoms with Gasteiger partial charge in [-0.3, -0.25) is 4.79 Å². The van der Waals surface area contributed by atoms with Gasteiger partial charge >= 0.3 is 0 Å². The molecule has 0 bridgehead atoms. The van der Waals surface area contributed by atoms with Crippen LogP contribution >= 0.6 is 0 Å². The summed E-state index contributed by atoms with van der Waals surface area (Å²) < 4.78 is 37.1. The lowest BCUT2D eigenvalue weighted by atomic mass is 10.2. The summed E-state index contributed by atoms with van der Waals surface area (Å²) in [7, 11) is -3.57. The maximum absolute atomic E-state index is 13.3. The second-order valence-electron chi connectivity index (χ2n) is 9.13. The van der Waals surface area contributed by atoms with Crippen LogP contribution in [0.4, 0.5) is 0 Å². The Balaban J connectivity index is 1.42. The SMILES string of the molecule is Cc1cc(C(=O)N2CCN(S(=O)(=O)N3CC(C)OC(C)C3)CC2)c(C)n1Cc1ccccc1. The van der Waals surface area contributed by atoms with Crippen molar-refractivity contribution in [2.45, 2.75) is 46.4 Å². The third kappa shape index (κ3) is 5.01. The van der Waals surface area contributed by atoms with Gasteiger partial charge in [-0.05, 0) is 39.3 Å². The number of carbonyl (C=O) groups excluding carboxylic acids is 1. The Kier molecular flexibility index (Phi) is 6.95. The molecule has 0 spiro atoms. The van der Waals surface area contributed by atoms with Crippen molar-refractivity contribution in [2.24, 2.45) is 0 Å². The topological polar surface area (TPSA) is 75.1 Å². The summed E-state index contributed by atoms with van der Waals surface area (Å²) in [5.41, 5.74) is 3.85. The highest BCUT2D eigenvalue weighted by Gasteiger charge is 2.37. The van der Waals surface area contributed by atoms with Gasteiger partial charge in [0.05, 0.1) is 17.8 Å². The Morgan fingerprint density at radius 2 is 1.58 bits per heavy atom. The smallest absolute Gasteiger partial charge is 0.282 e. The third-order valence-corrected chi connectivity index (χ3v) is 8.52. The van der Waals surface area contributed by atoms with Crippen molar-refractivity contribution < 1.29 is 17.9 Å². The number of nitrogens with zero attached hydrogens (tertiary/aromatic N) is 4. The van der Waals surface area contributed by atoms with E-state index in [1.165, 1.54) is 14.2 Å². The van der Waals surface area contributed by atoms with Gasteiger partial charge in [0.25, 0.3) is 16.1 Å². The molecular weight excluding hydrogens is 440 g/mol. The van der Waals surface area contributed by atoms with Crippen molar-refractivity contribution in [1.29, 1.82) is 0 Å². The second-order valence-corrected chi connectivity index (χ2v) is 11.1. The van der Waals surface area contributed by atoms with Gasteiger partial charge in [-0.15, -0.1) is 0 Å². The molecule has 0 radical (unpaired) electrons. The van der Waals surface area contributed by atoms with Crippen LogP contribution in [0.1, 0.15) is 41.2 Å². The molecule has 1 amide bonds. The maximum Gasteiger partial charge on any atom is 0.282 e. The lowest BCUT2D eigenvalue weighted by Crippen LogP contribution is -2.57. The first kappa shape index (κ1) is 23.9. The maximum atomic E-state index is 13.3. The summed E-state index contributed by atoms with van der Waals surface area (Å²) in [4.78, 5) is 15.1. The van der Waals surface area contributed by atoms with E-state index in [1.807, 2.05) is 52.0 Å². The summed E-state index contributed by atoms with van der Waals surface area (Å²) in [6.45, 7) is 10.6. The fraction of sp³-hybridized carbons (Fsp3) is 0.542. The minimum atomic E-state index is -3.57. The quantitative estimate of drug-likeness (QED) is 0.666. The van der Waals surface area contributed by atoms with E-state index in [2.05, 4.69) is 16.7 Å². The normalized spacial score (nSPS) is 23.1. The predicted molar refractivity (Wildman–Crippen MR) is 127 cm³/mol. The van der Waals surface area contributed by atoms with E-state index >= 15 is 0 Å². The molecule has 33 heavy (non-hydrogen) atoms. The highest BCUT2D eigenvalue weighted by atomic mass is 32.2. The first-order valence-corrected chi connectivity index (χ1v) is 13.0. The molecule has 0 N–H and O–H groups in total. The van der Waals surface area contributed by atoms with Crippen molar-refractivity contribution in [1.82, 2.24) is 18.1 Å². The van der Waals surface area contributed by atoms with Crippen LogP contribution in [0.25, 0.3) is 0 Å². The number of hydrogen-bond acceptors (Lipinski definition) is 4. The standard InChI is InChI=1S/C24H34N4O4S/c1-18-14-23(21(4)28(18)17-22-8-6-5-7-9-22)24(29)25-10-12-26(13-11-25)33(30,31)27-15-19(2)32-20(3)16-27/h5-9,14,19-20H,10-13,15-17H2,1-4H3. The molecule has 2 aromatic rings. The van der Waals surface area contributed by atoms with Crippen LogP contribution in [0.3, 0.4) is 0 Å². The van der Waals surface area contributed by atoms with Gasteiger partial charge in [0.2, 0.25) is 0 Å². The number of aromatic nitrogens is 1. The number of ether oxygens (including phenoxy) is 1. The van der Waals surface area contributed by atoms with Crippen molar-refractivity contribution in [3.8, 4) is 0 Å². The lowest BCUT2D eigenvalue weighted by molar-refractivity contribution is -0.0457. The number of amides is 1. The number of benzene rings is 1. The van der Waals surface area contributed by atoms with Crippen LogP contribution in [0, 0.1) is 13.8 Å². The first-order chi connectivity index (χ1) is 15.7. The van der Waals surface area contributed by atoms with Crippen molar-refractivity contribution in [2.75, 3.05) is 39.3 Å². The first-order valence-electron chi connectivity index (χ1n) is 11.6. The molecule has 3 heterocycles. The Bertz CT molecular complexity index is 1080. The lowest BCUT2D eigenvalue weighted by Gasteiger charge is -2.40. The number of carbonyl (C=O) groups is 1. The molecule has 2 atom stereocenters. The minimum absolute atomic E-state index is 0.0342. The summed E-state index contributed by atoms with van der Waals surface area (Å²) in [5.74, 6) is -0.0342. The molecule has 2 fully saturated rings. The number of hydrogen-bond donors (Lipinski definition) is 0. The Labute approximate surface area is 196 Å². The second kappa shape index (κ2) is 9.58. The van der Waals surface area contributed by atoms with Crippen LogP contribution in [-0.2, 0) is 21.5 Å². The number of piperazine rings is 1. The molecule has 0 aliphatic carbocycles. The van der Waals surface area contributed by atoms with Gasteiger partial charge < -0.3 is 14.2 Å². The molecule has 180 valence electrons. The Hall–Kier alpha value is -2.20. The monoisotopic (exact) mass is 474 g/mol. The van der Waals surface area contributed by atoms with Crippen LogP contribution in [0.5, 0.6) is 0 Å². The Morgan fingerprint density at radius 3 is 2.18 bits per heavy atom. The number of morpholine rings is 1. The number of aryl methyl sites for hydroxylation is 1. The highest BCUT2D eigenvalue weighted by molar-refractivity contribution is 7.86. The van der Waals surface area contributed by atoms with Gasteiger partial charge in [-0.2, -0.15) is 17.0 Å². The summed E-state index contributed by atoms with van der Waals surface area (Å²) in [6.07, 6.45) is -0.255. The van der Waals surface area contributed by atoms with Gasteiger partial charge in [-0.1, -0.05) is 30.3 Å². The molecule has 9 heteroatoms. The predicted octanol–water partition coefficient (Wildman–Crippen LogP) is 2.27. The molecule has 2 aliphatic rings. The largest absolute Gasteiger partial charge is 0.373 e. The Morgan fingerprint density at radius 1 is 0.970 bits per heavy atom. The van der Waals surface area contributed by atoms with Gasteiger partial charge in [0.15, 0.2) is 0 Å². The number of rotatable bonds is 5. The fourth-order valence-corrected chi connectivity index (χ4v) is 6.55. The third-order valence-electron chi connectivity index (χ3n) is 6.55. The van der Waals surface area contributed by atoms with Crippen LogP contribution in [0.2, 0.25) is 0 Å². The van der Waals surface area contributed by atoms with Gasteiger partial charge in [0.1, 0.15) is 0 Å². The van der Waals surface area contributed by atoms with E-state index in [0.29, 0.717) is 51.4 Å². The molecule has 2 aliphatic heterocycles. The van der Waals surface area contributed by atoms with Crippen LogP contribution in [-0.4, -0.2) is 83.9 Å². The van der Waals surface area contributed by atoms with Crippen molar-refractivity contribution in [3.05, 3.63) is 58.9 Å². The molecule has 2 saturated heterocycles. The molecule has 8 nitrogen and oxygen atoms in total. The minimum Gasteiger partial charge on any atom is -0.373 e. The van der Waals surface area contributed by atoms with E-state index in [9.17, 15) is 13.2 Å². The highest BCUT2D eigenvalue weighted by Crippen LogP contribution is 2.22. The molecule has 2 unspecified atom stereocenters. The average molecular weight is 475 g/mol. The average Bonchev–Trinajstić information content (AvgIpc) is 3.07. The molecule has 0 saturated carbocycles. The summed E-state index contributed by atoms with van der Waals surface area (Å²) >= 11 is 0. The van der Waals surface area contributed by atoms with Gasteiger partial charge in [0, 0.05) is 57.2 Å². The van der Waals surface area contributed by atoms with E-state index in [0.717, 1.165) is 11.4 Å². The van der Waals surface area contributed by atoms with Crippen LogP contribution in [0.15, 0.2) is 36.4 Å². The van der Waals surface area contributed by atoms with E-state index in [4.69, 9.17) is 4.74 Å². The summed E-state index contributed by atoms with van der Waals surface area (Å²) in [5, 5.41) is 0. The van der Waals surface area contributed by atoms with E-state index in [1.54, 1.807) is 4.90 Å². The zero-order valence-corrected chi connectivity index (χ0v) is 20.7. The fourth-order valence-electron chi connectivity index (χ4n) is 4.80. The van der Waals surface area contributed by atoms with E-state index in [-0.39, 0.29) is 18.1 Å². The zero-order chi connectivity index (χ0) is 23.8. The molecule has 4 rings (SSSR count). The molecular formula is C24H34N4O4S. The zero-order valence-electron chi connectivity index (χ0n) is 19.9. The van der Waals surface area contributed by atoms with Gasteiger partial charge in [-0.25, -0.2) is 0 Å². The van der Waals surface area contributed by atoms with Crippen LogP contribution < -0.4 is 0 Å².